The normalized spacial score (nSPS) is 13.2. The van der Waals surface area contributed by atoms with Crippen molar-refractivity contribution in [2.24, 2.45) is 0 Å². The number of ether oxygens (including phenoxy) is 1. The Morgan fingerprint density at radius 3 is 2.49 bits per heavy atom. The molecule has 0 saturated heterocycles. The zero-order valence-electron chi connectivity index (χ0n) is 19.4. The van der Waals surface area contributed by atoms with Crippen molar-refractivity contribution in [2.45, 2.75) is 42.4 Å². The number of nitrogens with zero attached hydrogens (tertiary/aromatic N) is 2. The fraction of sp³-hybridized carbons (Fsp3) is 0.240. The van der Waals surface area contributed by atoms with Crippen LogP contribution in [-0.2, 0) is 27.0 Å². The second kappa shape index (κ2) is 9.60. The van der Waals surface area contributed by atoms with E-state index in [4.69, 9.17) is 4.74 Å². The van der Waals surface area contributed by atoms with Crippen LogP contribution in [0.1, 0.15) is 23.7 Å². The first-order valence-electron chi connectivity index (χ1n) is 10.7. The number of halogens is 2. The molecule has 0 aliphatic carbocycles. The lowest BCUT2D eigenvalue weighted by Crippen LogP contribution is -2.22. The van der Waals surface area contributed by atoms with Crippen LogP contribution in [0.3, 0.4) is 0 Å². The van der Waals surface area contributed by atoms with Gasteiger partial charge >= 0.3 is 0 Å². The molecule has 1 atom stereocenters. The summed E-state index contributed by atoms with van der Waals surface area (Å²) in [5.74, 6) is -2.92. The lowest BCUT2D eigenvalue weighted by atomic mass is 10.2. The Balaban J connectivity index is 1.76. The van der Waals surface area contributed by atoms with Crippen molar-refractivity contribution in [1.29, 1.82) is 0 Å². The van der Waals surface area contributed by atoms with Crippen molar-refractivity contribution in [3.8, 4) is 5.75 Å². The summed E-state index contributed by atoms with van der Waals surface area (Å²) in [6, 6.07) is 16.6. The minimum Gasteiger partial charge on any atom is -0.610 e. The van der Waals surface area contributed by atoms with Gasteiger partial charge in [-0.25, -0.2) is 17.2 Å². The average Bonchev–Trinajstić information content (AvgIpc) is 3.20. The van der Waals surface area contributed by atoms with Crippen LogP contribution < -0.4 is 4.74 Å². The van der Waals surface area contributed by atoms with Gasteiger partial charge in [-0.3, -0.25) is 4.98 Å². The fourth-order valence-corrected chi connectivity index (χ4v) is 7.13. The molecule has 35 heavy (non-hydrogen) atoms. The van der Waals surface area contributed by atoms with Gasteiger partial charge in [0.05, 0.1) is 16.1 Å². The summed E-state index contributed by atoms with van der Waals surface area (Å²) in [5, 5.41) is 0.724. The molecule has 10 heteroatoms. The first kappa shape index (κ1) is 25.2. The van der Waals surface area contributed by atoms with Crippen molar-refractivity contribution in [3.05, 3.63) is 83.7 Å². The number of pyridine rings is 1. The Kier molecular flexibility index (Phi) is 6.90. The Morgan fingerprint density at radius 1 is 1.09 bits per heavy atom. The quantitative estimate of drug-likeness (QED) is 0.298. The molecule has 2 aromatic heterocycles. The Morgan fingerprint density at radius 2 is 1.77 bits per heavy atom. The standard InChI is InChI=1S/C25H24F2N2O4S2/c1-17-8-4-7-11-23(17)35(31,32)29-21-10-6-5-9-19(21)14-24(29)34(30)15-20-18(2)22(12-13-28-20)33-16-25(3,26)27/h4-14H,15-16H2,1-3H3. The van der Waals surface area contributed by atoms with Crippen LogP contribution in [0.15, 0.2) is 76.8 Å². The van der Waals surface area contributed by atoms with Crippen molar-refractivity contribution in [1.82, 2.24) is 8.96 Å². The number of fused-ring (bicyclic) bond motifs is 1. The smallest absolute Gasteiger partial charge is 0.278 e. The molecule has 184 valence electrons. The summed E-state index contributed by atoms with van der Waals surface area (Å²) < 4.78 is 73.9. The van der Waals surface area contributed by atoms with Gasteiger partial charge in [0.25, 0.3) is 15.9 Å². The van der Waals surface area contributed by atoms with E-state index >= 15 is 0 Å². The van der Waals surface area contributed by atoms with Gasteiger partial charge in [-0.1, -0.05) is 36.4 Å². The maximum atomic E-state index is 13.7. The molecule has 0 aliphatic rings. The van der Waals surface area contributed by atoms with Crippen molar-refractivity contribution in [3.63, 3.8) is 0 Å². The fourth-order valence-electron chi connectivity index (χ4n) is 3.72. The minimum atomic E-state index is -4.07. The Hall–Kier alpha value is -2.95. The zero-order valence-corrected chi connectivity index (χ0v) is 21.0. The maximum absolute atomic E-state index is 13.7. The largest absolute Gasteiger partial charge is 0.610 e. The molecule has 4 rings (SSSR count). The van der Waals surface area contributed by atoms with Crippen LogP contribution in [0, 0.1) is 13.8 Å². The lowest BCUT2D eigenvalue weighted by Gasteiger charge is -2.17. The molecule has 2 heterocycles. The van der Waals surface area contributed by atoms with Gasteiger partial charge in [0, 0.05) is 41.3 Å². The molecule has 0 bridgehead atoms. The molecule has 0 radical (unpaired) electrons. The first-order valence-corrected chi connectivity index (χ1v) is 13.5. The number of aromatic nitrogens is 2. The van der Waals surface area contributed by atoms with Gasteiger partial charge in [-0.2, -0.15) is 3.97 Å². The topological polar surface area (TPSA) is 84.2 Å². The summed E-state index contributed by atoms with van der Waals surface area (Å²) >= 11 is -1.83. The highest BCUT2D eigenvalue weighted by atomic mass is 32.2. The third-order valence-electron chi connectivity index (χ3n) is 5.49. The van der Waals surface area contributed by atoms with Crippen molar-refractivity contribution >= 4 is 32.1 Å². The van der Waals surface area contributed by atoms with E-state index in [1.807, 2.05) is 0 Å². The van der Waals surface area contributed by atoms with Gasteiger partial charge in [-0.15, -0.1) is 0 Å². The molecule has 0 aliphatic heterocycles. The number of para-hydroxylation sites is 1. The number of alkyl halides is 2. The minimum absolute atomic E-state index is 0.0991. The molecule has 0 amide bonds. The van der Waals surface area contributed by atoms with E-state index in [9.17, 15) is 21.8 Å². The number of rotatable bonds is 8. The van der Waals surface area contributed by atoms with Gasteiger partial charge in [0.15, 0.2) is 12.4 Å². The van der Waals surface area contributed by atoms with Crippen LogP contribution in [-0.4, -0.2) is 34.5 Å². The van der Waals surface area contributed by atoms with E-state index in [1.165, 1.54) is 18.3 Å². The summed E-state index contributed by atoms with van der Waals surface area (Å²) in [4.78, 5) is 4.36. The van der Waals surface area contributed by atoms with Crippen LogP contribution in [0.4, 0.5) is 8.78 Å². The van der Waals surface area contributed by atoms with E-state index < -0.39 is 33.7 Å². The molecular weight excluding hydrogens is 494 g/mol. The van der Waals surface area contributed by atoms with E-state index in [2.05, 4.69) is 4.98 Å². The average molecular weight is 519 g/mol. The number of hydrogen-bond acceptors (Lipinski definition) is 5. The number of benzene rings is 2. The molecule has 0 fully saturated rings. The van der Waals surface area contributed by atoms with E-state index in [0.29, 0.717) is 27.7 Å². The molecule has 6 nitrogen and oxygen atoms in total. The third kappa shape index (κ3) is 5.19. The Bertz CT molecular complexity index is 1480. The predicted molar refractivity (Wildman–Crippen MR) is 131 cm³/mol. The SMILES string of the molecule is Cc1ccccc1S(=O)(=O)n1c([S+]([O-])Cc2nccc(OCC(C)(F)F)c2C)cc2ccccc21. The molecule has 0 spiro atoms. The molecule has 0 N–H and O–H groups in total. The number of hydrogen-bond donors (Lipinski definition) is 0. The van der Waals surface area contributed by atoms with Gasteiger partial charge in [-0.05, 0) is 37.6 Å². The molecule has 0 saturated carbocycles. The van der Waals surface area contributed by atoms with Crippen LogP contribution in [0.5, 0.6) is 5.75 Å². The summed E-state index contributed by atoms with van der Waals surface area (Å²) in [5.41, 5.74) is 1.81. The maximum Gasteiger partial charge on any atom is 0.278 e. The summed E-state index contributed by atoms with van der Waals surface area (Å²) in [7, 11) is -4.07. The zero-order chi connectivity index (χ0) is 25.4. The molecular formula is C25H24F2N2O4S2. The van der Waals surface area contributed by atoms with Crippen molar-refractivity contribution in [2.75, 3.05) is 6.61 Å². The molecule has 1 unspecified atom stereocenters. The van der Waals surface area contributed by atoms with Crippen molar-refractivity contribution < 1.29 is 26.5 Å². The van der Waals surface area contributed by atoms with Gasteiger partial charge < -0.3 is 9.29 Å². The van der Waals surface area contributed by atoms with Crippen LogP contribution in [0.25, 0.3) is 10.9 Å². The van der Waals surface area contributed by atoms with E-state index in [0.717, 1.165) is 10.9 Å². The summed E-state index contributed by atoms with van der Waals surface area (Å²) in [6.45, 7) is 3.30. The van der Waals surface area contributed by atoms with E-state index in [-0.39, 0.29) is 21.4 Å². The van der Waals surface area contributed by atoms with E-state index in [1.54, 1.807) is 62.4 Å². The molecule has 4 aromatic rings. The van der Waals surface area contributed by atoms with Gasteiger partial charge in [0.2, 0.25) is 5.03 Å². The molecule has 2 aromatic carbocycles. The summed E-state index contributed by atoms with van der Waals surface area (Å²) in [6.07, 6.45) is 1.39. The predicted octanol–water partition coefficient (Wildman–Crippen LogP) is 5.23. The first-order chi connectivity index (χ1) is 16.5. The second-order valence-electron chi connectivity index (χ2n) is 8.31. The van der Waals surface area contributed by atoms with Gasteiger partial charge in [0.1, 0.15) is 5.75 Å². The number of aryl methyl sites for hydroxylation is 1. The lowest BCUT2D eigenvalue weighted by molar-refractivity contribution is -0.0231. The highest BCUT2D eigenvalue weighted by molar-refractivity contribution is 7.93. The van der Waals surface area contributed by atoms with Crippen LogP contribution in [0.2, 0.25) is 0 Å². The second-order valence-corrected chi connectivity index (χ2v) is 11.5. The third-order valence-corrected chi connectivity index (χ3v) is 8.79. The Labute approximate surface area is 205 Å². The highest BCUT2D eigenvalue weighted by Gasteiger charge is 2.31. The van der Waals surface area contributed by atoms with Crippen LogP contribution >= 0.6 is 0 Å². The highest BCUT2D eigenvalue weighted by Crippen LogP contribution is 2.32. The monoisotopic (exact) mass is 518 g/mol.